The largest absolute Gasteiger partial charge is 0.395 e. The smallest absolute Gasteiger partial charge is 0.176 e. The third-order valence-corrected chi connectivity index (χ3v) is 3.40. The van der Waals surface area contributed by atoms with Crippen LogP contribution in [0.2, 0.25) is 0 Å². The number of aliphatic hydroxyl groups is 1. The molecule has 0 spiro atoms. The number of rotatable bonds is 4. The number of nitrogens with zero attached hydrogens (tertiary/aromatic N) is 1. The van der Waals surface area contributed by atoms with E-state index in [1.807, 2.05) is 30.3 Å². The van der Waals surface area contributed by atoms with Crippen LogP contribution >= 0.6 is 0 Å². The summed E-state index contributed by atoms with van der Waals surface area (Å²) >= 11 is 0. The second kappa shape index (κ2) is 5.94. The molecule has 0 saturated carbocycles. The number of benzene rings is 1. The van der Waals surface area contributed by atoms with Crippen LogP contribution in [0, 0.1) is 0 Å². The Labute approximate surface area is 102 Å². The maximum Gasteiger partial charge on any atom is 0.176 e. The van der Waals surface area contributed by atoms with Crippen molar-refractivity contribution in [1.82, 2.24) is 4.90 Å². The second-order valence-electron chi connectivity index (χ2n) is 4.59. The highest BCUT2D eigenvalue weighted by molar-refractivity contribution is 5.97. The van der Waals surface area contributed by atoms with Crippen molar-refractivity contribution in [3.05, 3.63) is 35.9 Å². The van der Waals surface area contributed by atoms with E-state index < -0.39 is 0 Å². The monoisotopic (exact) mass is 233 g/mol. The molecule has 1 aliphatic heterocycles. The molecular formula is C14H19NO2. The van der Waals surface area contributed by atoms with E-state index in [0.717, 1.165) is 31.4 Å². The molecular weight excluding hydrogens is 214 g/mol. The molecule has 1 N–H and O–H groups in total. The zero-order valence-corrected chi connectivity index (χ0v) is 10.0. The molecule has 0 bridgehead atoms. The Morgan fingerprint density at radius 2 is 2.06 bits per heavy atom. The van der Waals surface area contributed by atoms with E-state index in [4.69, 9.17) is 0 Å². The maximum atomic E-state index is 12.1. The molecule has 92 valence electrons. The number of hydrogen-bond acceptors (Lipinski definition) is 3. The van der Waals surface area contributed by atoms with Crippen LogP contribution in [0.3, 0.4) is 0 Å². The van der Waals surface area contributed by atoms with Gasteiger partial charge in [-0.25, -0.2) is 0 Å². The molecule has 0 aliphatic carbocycles. The number of aliphatic hydroxyl groups excluding tert-OH is 1. The Balaban J connectivity index is 1.98. The highest BCUT2D eigenvalue weighted by Gasteiger charge is 2.23. The lowest BCUT2D eigenvalue weighted by molar-refractivity contribution is 0.0711. The first kappa shape index (κ1) is 12.3. The minimum Gasteiger partial charge on any atom is -0.395 e. The van der Waals surface area contributed by atoms with Crippen molar-refractivity contribution in [2.75, 3.05) is 19.7 Å². The van der Waals surface area contributed by atoms with Crippen LogP contribution in [0.25, 0.3) is 0 Å². The van der Waals surface area contributed by atoms with E-state index in [9.17, 15) is 9.90 Å². The fraction of sp³-hybridized carbons (Fsp3) is 0.500. The standard InChI is InChI=1S/C14H19NO2/c16-11-13-8-4-5-9-15(13)10-14(17)12-6-2-1-3-7-12/h1-3,6-7,13,16H,4-5,8-11H2. The van der Waals surface area contributed by atoms with Crippen LogP contribution in [-0.4, -0.2) is 41.5 Å². The summed E-state index contributed by atoms with van der Waals surface area (Å²) in [5.74, 6) is 0.144. The molecule has 0 aromatic heterocycles. The number of piperidine rings is 1. The second-order valence-corrected chi connectivity index (χ2v) is 4.59. The summed E-state index contributed by atoms with van der Waals surface area (Å²) in [7, 11) is 0. The number of carbonyl (C=O) groups is 1. The SMILES string of the molecule is O=C(CN1CCCCC1CO)c1ccccc1. The van der Waals surface area contributed by atoms with Crippen molar-refractivity contribution in [2.45, 2.75) is 25.3 Å². The van der Waals surface area contributed by atoms with Crippen molar-refractivity contribution in [3.8, 4) is 0 Å². The molecule has 1 heterocycles. The van der Waals surface area contributed by atoms with Gasteiger partial charge in [-0.15, -0.1) is 0 Å². The van der Waals surface area contributed by atoms with Crippen molar-refractivity contribution in [1.29, 1.82) is 0 Å². The maximum absolute atomic E-state index is 12.1. The average Bonchev–Trinajstić information content (AvgIpc) is 2.40. The van der Waals surface area contributed by atoms with Gasteiger partial charge in [-0.2, -0.15) is 0 Å². The first-order valence-electron chi connectivity index (χ1n) is 6.24. The molecule has 1 aromatic rings. The summed E-state index contributed by atoms with van der Waals surface area (Å²) < 4.78 is 0. The van der Waals surface area contributed by atoms with Gasteiger partial charge in [0.2, 0.25) is 0 Å². The first-order chi connectivity index (χ1) is 8.31. The summed E-state index contributed by atoms with van der Waals surface area (Å²) in [5.41, 5.74) is 0.759. The summed E-state index contributed by atoms with van der Waals surface area (Å²) in [4.78, 5) is 14.2. The van der Waals surface area contributed by atoms with Gasteiger partial charge in [-0.05, 0) is 19.4 Å². The van der Waals surface area contributed by atoms with Crippen molar-refractivity contribution in [3.63, 3.8) is 0 Å². The lowest BCUT2D eigenvalue weighted by Gasteiger charge is -2.33. The minimum atomic E-state index is 0.144. The fourth-order valence-corrected chi connectivity index (χ4v) is 2.37. The minimum absolute atomic E-state index is 0.144. The van der Waals surface area contributed by atoms with E-state index in [0.29, 0.717) is 6.54 Å². The number of carbonyl (C=O) groups excluding carboxylic acids is 1. The van der Waals surface area contributed by atoms with Gasteiger partial charge in [0.1, 0.15) is 0 Å². The summed E-state index contributed by atoms with van der Waals surface area (Å²) in [6.07, 6.45) is 3.28. The summed E-state index contributed by atoms with van der Waals surface area (Å²) in [5, 5.41) is 9.29. The molecule has 1 aliphatic rings. The highest BCUT2D eigenvalue weighted by atomic mass is 16.3. The van der Waals surface area contributed by atoms with Crippen molar-refractivity contribution < 1.29 is 9.90 Å². The lowest BCUT2D eigenvalue weighted by Crippen LogP contribution is -2.44. The quantitative estimate of drug-likeness (QED) is 0.805. The van der Waals surface area contributed by atoms with Crippen LogP contribution in [0.5, 0.6) is 0 Å². The van der Waals surface area contributed by atoms with Gasteiger partial charge >= 0.3 is 0 Å². The van der Waals surface area contributed by atoms with E-state index in [1.54, 1.807) is 0 Å². The average molecular weight is 233 g/mol. The summed E-state index contributed by atoms with van der Waals surface area (Å²) in [6, 6.07) is 9.53. The molecule has 1 saturated heterocycles. The highest BCUT2D eigenvalue weighted by Crippen LogP contribution is 2.17. The van der Waals surface area contributed by atoms with E-state index in [-0.39, 0.29) is 18.4 Å². The first-order valence-corrected chi connectivity index (χ1v) is 6.24. The molecule has 1 unspecified atom stereocenters. The fourth-order valence-electron chi connectivity index (χ4n) is 2.37. The predicted octanol–water partition coefficient (Wildman–Crippen LogP) is 1.72. The molecule has 3 nitrogen and oxygen atoms in total. The van der Waals surface area contributed by atoms with Gasteiger partial charge in [-0.3, -0.25) is 9.69 Å². The Bertz CT molecular complexity index is 364. The molecule has 1 fully saturated rings. The van der Waals surface area contributed by atoms with Gasteiger partial charge in [0.05, 0.1) is 13.2 Å². The van der Waals surface area contributed by atoms with Gasteiger partial charge in [0.15, 0.2) is 5.78 Å². The topological polar surface area (TPSA) is 40.5 Å². The Kier molecular flexibility index (Phi) is 4.29. The van der Waals surface area contributed by atoms with Crippen LogP contribution in [0.4, 0.5) is 0 Å². The Morgan fingerprint density at radius 3 is 2.76 bits per heavy atom. The van der Waals surface area contributed by atoms with Gasteiger partial charge in [-0.1, -0.05) is 36.8 Å². The zero-order valence-electron chi connectivity index (χ0n) is 10.0. The lowest BCUT2D eigenvalue weighted by atomic mass is 10.0. The zero-order chi connectivity index (χ0) is 12.1. The number of likely N-dealkylation sites (tertiary alicyclic amines) is 1. The third-order valence-electron chi connectivity index (χ3n) is 3.40. The number of ketones is 1. The van der Waals surface area contributed by atoms with Crippen molar-refractivity contribution >= 4 is 5.78 Å². The number of hydrogen-bond donors (Lipinski definition) is 1. The van der Waals surface area contributed by atoms with E-state index in [2.05, 4.69) is 4.90 Å². The normalized spacial score (nSPS) is 21.4. The van der Waals surface area contributed by atoms with Crippen LogP contribution in [0.15, 0.2) is 30.3 Å². The van der Waals surface area contributed by atoms with Crippen LogP contribution in [0.1, 0.15) is 29.6 Å². The molecule has 0 radical (unpaired) electrons. The van der Waals surface area contributed by atoms with Gasteiger partial charge < -0.3 is 5.11 Å². The van der Waals surface area contributed by atoms with Gasteiger partial charge in [0.25, 0.3) is 0 Å². The van der Waals surface area contributed by atoms with Crippen LogP contribution in [-0.2, 0) is 0 Å². The molecule has 1 aromatic carbocycles. The van der Waals surface area contributed by atoms with Gasteiger partial charge in [0, 0.05) is 11.6 Å². The molecule has 0 amide bonds. The van der Waals surface area contributed by atoms with Crippen LogP contribution < -0.4 is 0 Å². The Morgan fingerprint density at radius 1 is 1.29 bits per heavy atom. The molecule has 3 heteroatoms. The summed E-state index contributed by atoms with van der Waals surface area (Å²) in [6.45, 7) is 1.50. The van der Waals surface area contributed by atoms with E-state index >= 15 is 0 Å². The number of Topliss-reactive ketones (excluding diaryl/α,β-unsaturated/α-hetero) is 1. The molecule has 2 rings (SSSR count). The predicted molar refractivity (Wildman–Crippen MR) is 67.1 cm³/mol. The molecule has 17 heavy (non-hydrogen) atoms. The molecule has 1 atom stereocenters. The van der Waals surface area contributed by atoms with E-state index in [1.165, 1.54) is 0 Å². The van der Waals surface area contributed by atoms with Crippen molar-refractivity contribution in [2.24, 2.45) is 0 Å². The Hall–Kier alpha value is -1.19. The third kappa shape index (κ3) is 3.14.